The van der Waals surface area contributed by atoms with Gasteiger partial charge in [-0.25, -0.2) is 4.57 Å². The van der Waals surface area contributed by atoms with Gasteiger partial charge in [-0.05, 0) is 31.2 Å². The van der Waals surface area contributed by atoms with Crippen LogP contribution in [-0.2, 0) is 9.36 Å². The molecule has 2 atom stereocenters. The van der Waals surface area contributed by atoms with Crippen molar-refractivity contribution in [3.63, 3.8) is 0 Å². The summed E-state index contributed by atoms with van der Waals surface area (Å²) in [5.41, 5.74) is -0.168. The van der Waals surface area contributed by atoms with Crippen molar-refractivity contribution >= 4 is 19.4 Å². The summed E-state index contributed by atoms with van der Waals surface area (Å²) in [6.07, 6.45) is 0. The first kappa shape index (κ1) is 18.4. The first-order chi connectivity index (χ1) is 11.8. The number of carbonyl (C=O) groups is 1. The third-order valence-corrected chi connectivity index (χ3v) is 4.57. The number of aliphatic carboxylic acids is 1. The summed E-state index contributed by atoms with van der Waals surface area (Å²) in [6.45, 7) is 1.28. The molecule has 132 valence electrons. The molecule has 0 aromatic heterocycles. The van der Waals surface area contributed by atoms with Gasteiger partial charge in [0.2, 0.25) is 0 Å². The molecule has 0 aliphatic heterocycles. The number of nitro groups is 1. The maximum Gasteiger partial charge on any atom is 0.513 e. The minimum Gasteiger partial charge on any atom is -0.480 e. The number of carboxylic acid groups (broad SMARTS) is 1. The van der Waals surface area contributed by atoms with E-state index in [0.717, 1.165) is 0 Å². The van der Waals surface area contributed by atoms with Gasteiger partial charge in [0.05, 0.1) is 4.92 Å². The number of nitro benzene ring substituents is 1. The highest BCUT2D eigenvalue weighted by Gasteiger charge is 2.33. The van der Waals surface area contributed by atoms with Crippen LogP contribution in [0.3, 0.4) is 0 Å². The maximum absolute atomic E-state index is 12.9. The van der Waals surface area contributed by atoms with Crippen molar-refractivity contribution in [3.8, 4) is 11.5 Å². The van der Waals surface area contributed by atoms with Crippen molar-refractivity contribution in [1.29, 1.82) is 0 Å². The second-order valence-corrected chi connectivity index (χ2v) is 6.55. The summed E-state index contributed by atoms with van der Waals surface area (Å²) in [7, 11) is -4.11. The van der Waals surface area contributed by atoms with E-state index in [2.05, 4.69) is 5.09 Å². The van der Waals surface area contributed by atoms with Crippen LogP contribution in [-0.4, -0.2) is 22.0 Å². The molecule has 10 heteroatoms. The molecular weight excluding hydrogens is 351 g/mol. The Labute approximate surface area is 142 Å². The van der Waals surface area contributed by atoms with Gasteiger partial charge in [-0.2, -0.15) is 5.09 Å². The first-order valence-corrected chi connectivity index (χ1v) is 8.63. The van der Waals surface area contributed by atoms with Crippen LogP contribution in [0.15, 0.2) is 54.6 Å². The number of carboxylic acids is 1. The van der Waals surface area contributed by atoms with Gasteiger partial charge in [-0.3, -0.25) is 14.9 Å². The van der Waals surface area contributed by atoms with Crippen LogP contribution in [0.5, 0.6) is 11.5 Å². The molecule has 0 heterocycles. The lowest BCUT2D eigenvalue weighted by Crippen LogP contribution is -2.34. The molecule has 2 rings (SSSR count). The summed E-state index contributed by atoms with van der Waals surface area (Å²) in [5.74, 6) is -1.02. The number of benzene rings is 2. The molecule has 0 bridgehead atoms. The molecule has 0 aliphatic carbocycles. The van der Waals surface area contributed by atoms with Crippen molar-refractivity contribution in [2.45, 2.75) is 13.0 Å². The number of non-ortho nitro benzene ring substituents is 1. The van der Waals surface area contributed by atoms with Crippen LogP contribution >= 0.6 is 7.75 Å². The first-order valence-electron chi connectivity index (χ1n) is 7.08. The molecule has 0 saturated heterocycles. The third kappa shape index (κ3) is 5.30. The summed E-state index contributed by atoms with van der Waals surface area (Å²) in [5, 5.41) is 22.0. The Kier molecular flexibility index (Phi) is 5.74. The molecule has 2 N–H and O–H groups in total. The van der Waals surface area contributed by atoms with Crippen LogP contribution in [0, 0.1) is 10.1 Å². The number of hydrogen-bond acceptors (Lipinski definition) is 6. The molecule has 0 saturated carbocycles. The largest absolute Gasteiger partial charge is 0.513 e. The summed E-state index contributed by atoms with van der Waals surface area (Å²) in [4.78, 5) is 21.1. The average Bonchev–Trinajstić information content (AvgIpc) is 2.55. The van der Waals surface area contributed by atoms with Gasteiger partial charge in [0.1, 0.15) is 17.5 Å². The molecule has 25 heavy (non-hydrogen) atoms. The fraction of sp³-hybridized carbons (Fsp3) is 0.133. The van der Waals surface area contributed by atoms with E-state index < -0.39 is 24.7 Å². The lowest BCUT2D eigenvalue weighted by molar-refractivity contribution is -0.384. The fourth-order valence-electron chi connectivity index (χ4n) is 1.75. The highest BCUT2D eigenvalue weighted by atomic mass is 31.2. The van der Waals surface area contributed by atoms with E-state index in [-0.39, 0.29) is 17.2 Å². The number of hydrogen-bond donors (Lipinski definition) is 2. The molecule has 0 spiro atoms. The van der Waals surface area contributed by atoms with Gasteiger partial charge in [-0.1, -0.05) is 18.2 Å². The Balaban J connectivity index is 2.25. The van der Waals surface area contributed by atoms with Crippen LogP contribution in [0.2, 0.25) is 0 Å². The smallest absolute Gasteiger partial charge is 0.480 e. The van der Waals surface area contributed by atoms with E-state index >= 15 is 0 Å². The molecule has 9 nitrogen and oxygen atoms in total. The second kappa shape index (κ2) is 7.78. The van der Waals surface area contributed by atoms with E-state index in [9.17, 15) is 19.5 Å². The van der Waals surface area contributed by atoms with Gasteiger partial charge in [0.25, 0.3) is 5.69 Å². The molecule has 0 fully saturated rings. The third-order valence-electron chi connectivity index (χ3n) is 2.96. The van der Waals surface area contributed by atoms with E-state index in [1.165, 1.54) is 43.3 Å². The lowest BCUT2D eigenvalue weighted by Gasteiger charge is -2.22. The van der Waals surface area contributed by atoms with Gasteiger partial charge in [0.15, 0.2) is 0 Å². The highest BCUT2D eigenvalue weighted by molar-refractivity contribution is 7.52. The normalized spacial score (nSPS) is 14.1. The monoisotopic (exact) mass is 366 g/mol. The van der Waals surface area contributed by atoms with Crippen LogP contribution in [0.25, 0.3) is 0 Å². The van der Waals surface area contributed by atoms with Crippen molar-refractivity contribution in [3.05, 3.63) is 64.7 Å². The molecule has 0 amide bonds. The Morgan fingerprint density at radius 3 is 2.12 bits per heavy atom. The fourth-order valence-corrected chi connectivity index (χ4v) is 3.28. The van der Waals surface area contributed by atoms with Gasteiger partial charge in [-0.15, -0.1) is 0 Å². The average molecular weight is 366 g/mol. The van der Waals surface area contributed by atoms with Crippen LogP contribution < -0.4 is 14.1 Å². The van der Waals surface area contributed by atoms with Gasteiger partial charge in [0, 0.05) is 12.1 Å². The van der Waals surface area contributed by atoms with Crippen molar-refractivity contribution in [2.75, 3.05) is 0 Å². The number of para-hydroxylation sites is 1. The predicted octanol–water partition coefficient (Wildman–Crippen LogP) is 3.22. The molecule has 0 radical (unpaired) electrons. The van der Waals surface area contributed by atoms with E-state index in [1.54, 1.807) is 18.2 Å². The standard InChI is InChI=1S/C15H15N2O7P/c1-11(15(18)19)16-25(22,23-13-5-3-2-4-6-13)24-14-9-7-12(8-10-14)17(20)21/h2-11H,1H3,(H,16,22)(H,18,19)/t11-,25?/m1/s1. The topological polar surface area (TPSA) is 128 Å². The number of nitrogens with one attached hydrogen (secondary N) is 1. The quantitative estimate of drug-likeness (QED) is 0.414. The summed E-state index contributed by atoms with van der Waals surface area (Å²) in [6, 6.07) is 11.7. The SMILES string of the molecule is C[C@@H](NP(=O)(Oc1ccccc1)Oc1ccc([N+](=O)[O-])cc1)C(=O)O. The number of nitrogens with zero attached hydrogens (tertiary/aromatic N) is 1. The van der Waals surface area contributed by atoms with Gasteiger partial charge < -0.3 is 14.2 Å². The predicted molar refractivity (Wildman–Crippen MR) is 88.6 cm³/mol. The van der Waals surface area contributed by atoms with Crippen LogP contribution in [0.1, 0.15) is 6.92 Å². The van der Waals surface area contributed by atoms with E-state index in [4.69, 9.17) is 14.2 Å². The minimum atomic E-state index is -4.11. The zero-order valence-corrected chi connectivity index (χ0v) is 14.0. The second-order valence-electron chi connectivity index (χ2n) is 4.93. The van der Waals surface area contributed by atoms with E-state index in [0.29, 0.717) is 0 Å². The zero-order chi connectivity index (χ0) is 18.4. The molecule has 1 unspecified atom stereocenters. The maximum atomic E-state index is 12.9. The molecule has 2 aromatic rings. The molecule has 0 aliphatic rings. The highest BCUT2D eigenvalue weighted by Crippen LogP contribution is 2.45. The van der Waals surface area contributed by atoms with E-state index in [1.807, 2.05) is 0 Å². The van der Waals surface area contributed by atoms with Crippen LogP contribution in [0.4, 0.5) is 5.69 Å². The van der Waals surface area contributed by atoms with Crippen molar-refractivity contribution in [2.24, 2.45) is 0 Å². The Morgan fingerprint density at radius 1 is 1.12 bits per heavy atom. The lowest BCUT2D eigenvalue weighted by atomic mass is 10.3. The Morgan fingerprint density at radius 2 is 1.64 bits per heavy atom. The van der Waals surface area contributed by atoms with Crippen molar-refractivity contribution in [1.82, 2.24) is 5.09 Å². The zero-order valence-electron chi connectivity index (χ0n) is 13.1. The Hall–Kier alpha value is -2.90. The van der Waals surface area contributed by atoms with Gasteiger partial charge >= 0.3 is 13.7 Å². The summed E-state index contributed by atoms with van der Waals surface area (Å²) >= 11 is 0. The van der Waals surface area contributed by atoms with Crippen molar-refractivity contribution < 1.29 is 28.4 Å². The Bertz CT molecular complexity index is 795. The molecule has 2 aromatic carbocycles. The number of rotatable bonds is 8. The molecular formula is C15H15N2O7P. The summed E-state index contributed by atoms with van der Waals surface area (Å²) < 4.78 is 23.6. The minimum absolute atomic E-state index is 0.0231.